The Morgan fingerprint density at radius 2 is 1.83 bits per heavy atom. The summed E-state index contributed by atoms with van der Waals surface area (Å²) in [7, 11) is -3.60. The van der Waals surface area contributed by atoms with Gasteiger partial charge in [0.2, 0.25) is 0 Å². The number of rotatable bonds is 4. The average molecular weight is 342 g/mol. The molecule has 124 valence electrons. The Morgan fingerprint density at radius 3 is 2.54 bits per heavy atom. The maximum absolute atomic E-state index is 12.9. The lowest BCUT2D eigenvalue weighted by atomic mass is 10.1. The smallest absolute Gasteiger partial charge is 0.264 e. The summed E-state index contributed by atoms with van der Waals surface area (Å²) in [6, 6.07) is 14.0. The lowest BCUT2D eigenvalue weighted by molar-refractivity contribution is 0.0951. The summed E-state index contributed by atoms with van der Waals surface area (Å²) >= 11 is 0. The molecule has 0 spiro atoms. The SMILES string of the molecule is O=C(NC1CC1)c1ccc2c(c1)N(S(=O)(=O)c1ccccc1)CC2. The predicted octanol–water partition coefficient (Wildman–Crippen LogP) is 2.33. The number of amides is 1. The summed E-state index contributed by atoms with van der Waals surface area (Å²) in [5.74, 6) is -0.135. The minimum absolute atomic E-state index is 0.135. The lowest BCUT2D eigenvalue weighted by Gasteiger charge is -2.20. The van der Waals surface area contributed by atoms with Crippen molar-refractivity contribution in [3.05, 3.63) is 59.7 Å². The first-order valence-corrected chi connectivity index (χ1v) is 9.51. The van der Waals surface area contributed by atoms with Gasteiger partial charge in [0.05, 0.1) is 10.6 Å². The van der Waals surface area contributed by atoms with Crippen molar-refractivity contribution in [2.75, 3.05) is 10.8 Å². The van der Waals surface area contributed by atoms with Crippen LogP contribution in [0.4, 0.5) is 5.69 Å². The van der Waals surface area contributed by atoms with Crippen molar-refractivity contribution in [3.63, 3.8) is 0 Å². The highest BCUT2D eigenvalue weighted by Gasteiger charge is 2.32. The number of benzene rings is 2. The third-order valence-corrected chi connectivity index (χ3v) is 6.27. The maximum Gasteiger partial charge on any atom is 0.264 e. The molecule has 1 fully saturated rings. The molecule has 24 heavy (non-hydrogen) atoms. The molecule has 1 aliphatic heterocycles. The normalized spacial score (nSPS) is 16.8. The van der Waals surface area contributed by atoms with Crippen LogP contribution in [0.3, 0.4) is 0 Å². The minimum atomic E-state index is -3.60. The van der Waals surface area contributed by atoms with Gasteiger partial charge < -0.3 is 5.32 Å². The van der Waals surface area contributed by atoms with Gasteiger partial charge in [0, 0.05) is 18.2 Å². The largest absolute Gasteiger partial charge is 0.349 e. The third kappa shape index (κ3) is 2.67. The predicted molar refractivity (Wildman–Crippen MR) is 91.6 cm³/mol. The van der Waals surface area contributed by atoms with Gasteiger partial charge in [-0.25, -0.2) is 8.42 Å². The van der Waals surface area contributed by atoms with E-state index >= 15 is 0 Å². The standard InChI is InChI=1S/C18H18N2O3S/c21-18(19-15-8-9-15)14-7-6-13-10-11-20(17(13)12-14)24(22,23)16-4-2-1-3-5-16/h1-7,12,15H,8-11H2,(H,19,21). The van der Waals surface area contributed by atoms with Crippen molar-refractivity contribution in [1.29, 1.82) is 0 Å². The second-order valence-corrected chi connectivity index (χ2v) is 8.09. The fourth-order valence-corrected chi connectivity index (χ4v) is 4.47. The van der Waals surface area contributed by atoms with Gasteiger partial charge in [-0.15, -0.1) is 0 Å². The number of carbonyl (C=O) groups excluding carboxylic acids is 1. The molecular formula is C18H18N2O3S. The zero-order valence-corrected chi connectivity index (χ0v) is 13.9. The number of anilines is 1. The van der Waals surface area contributed by atoms with Crippen LogP contribution in [-0.2, 0) is 16.4 Å². The second kappa shape index (κ2) is 5.63. The Kier molecular flexibility index (Phi) is 3.57. The molecular weight excluding hydrogens is 324 g/mol. The van der Waals surface area contributed by atoms with Crippen LogP contribution >= 0.6 is 0 Å². The molecule has 0 atom stereocenters. The van der Waals surface area contributed by atoms with Crippen LogP contribution in [0.5, 0.6) is 0 Å². The number of nitrogens with one attached hydrogen (secondary N) is 1. The molecule has 2 aliphatic rings. The van der Waals surface area contributed by atoms with E-state index in [-0.39, 0.29) is 16.8 Å². The van der Waals surface area contributed by atoms with Crippen LogP contribution in [0.15, 0.2) is 53.4 Å². The highest BCUT2D eigenvalue weighted by Crippen LogP contribution is 2.34. The third-order valence-electron chi connectivity index (χ3n) is 4.44. The number of hydrogen-bond donors (Lipinski definition) is 1. The molecule has 5 nitrogen and oxygen atoms in total. The molecule has 0 aromatic heterocycles. The molecule has 2 aromatic rings. The van der Waals surface area contributed by atoms with E-state index in [2.05, 4.69) is 5.32 Å². The van der Waals surface area contributed by atoms with Crippen LogP contribution in [0.2, 0.25) is 0 Å². The number of carbonyl (C=O) groups is 1. The second-order valence-electron chi connectivity index (χ2n) is 6.23. The average Bonchev–Trinajstić information content (AvgIpc) is 3.30. The first kappa shape index (κ1) is 15.2. The summed E-state index contributed by atoms with van der Waals surface area (Å²) in [5, 5.41) is 2.94. The van der Waals surface area contributed by atoms with Gasteiger partial charge in [-0.2, -0.15) is 0 Å². The van der Waals surface area contributed by atoms with Crippen molar-refractivity contribution < 1.29 is 13.2 Å². The van der Waals surface area contributed by atoms with Crippen molar-refractivity contribution in [2.45, 2.75) is 30.2 Å². The van der Waals surface area contributed by atoms with E-state index in [4.69, 9.17) is 0 Å². The van der Waals surface area contributed by atoms with Crippen molar-refractivity contribution in [3.8, 4) is 0 Å². The molecule has 1 aliphatic carbocycles. The summed E-state index contributed by atoms with van der Waals surface area (Å²) < 4.78 is 27.2. The maximum atomic E-state index is 12.9. The lowest BCUT2D eigenvalue weighted by Crippen LogP contribution is -2.29. The van der Waals surface area contributed by atoms with E-state index < -0.39 is 10.0 Å². The molecule has 0 radical (unpaired) electrons. The fraction of sp³-hybridized carbons (Fsp3) is 0.278. The fourth-order valence-electron chi connectivity index (χ4n) is 2.96. The summed E-state index contributed by atoms with van der Waals surface area (Å²) in [6.07, 6.45) is 2.70. The van der Waals surface area contributed by atoms with Crippen LogP contribution in [-0.4, -0.2) is 26.9 Å². The Hall–Kier alpha value is -2.34. The molecule has 1 N–H and O–H groups in total. The van der Waals surface area contributed by atoms with Gasteiger partial charge in [0.15, 0.2) is 0 Å². The van der Waals surface area contributed by atoms with Crippen molar-refractivity contribution >= 4 is 21.6 Å². The van der Waals surface area contributed by atoms with Crippen molar-refractivity contribution in [1.82, 2.24) is 5.32 Å². The van der Waals surface area contributed by atoms with E-state index in [0.29, 0.717) is 24.2 Å². The Morgan fingerprint density at radius 1 is 1.08 bits per heavy atom. The highest BCUT2D eigenvalue weighted by molar-refractivity contribution is 7.92. The first-order chi connectivity index (χ1) is 11.6. The van der Waals surface area contributed by atoms with E-state index in [9.17, 15) is 13.2 Å². The van der Waals surface area contributed by atoms with Gasteiger partial charge >= 0.3 is 0 Å². The number of nitrogens with zero attached hydrogens (tertiary/aromatic N) is 1. The molecule has 2 aromatic carbocycles. The first-order valence-electron chi connectivity index (χ1n) is 8.07. The monoisotopic (exact) mass is 342 g/mol. The van der Waals surface area contributed by atoms with E-state index in [1.165, 1.54) is 4.31 Å². The van der Waals surface area contributed by atoms with Gasteiger partial charge in [-0.05, 0) is 49.1 Å². The molecule has 6 heteroatoms. The zero-order valence-electron chi connectivity index (χ0n) is 13.1. The van der Waals surface area contributed by atoms with Gasteiger partial charge in [0.25, 0.3) is 15.9 Å². The van der Waals surface area contributed by atoms with Crippen LogP contribution in [0.25, 0.3) is 0 Å². The Balaban J connectivity index is 1.68. The molecule has 1 saturated carbocycles. The summed E-state index contributed by atoms with van der Waals surface area (Å²) in [6.45, 7) is 0.403. The molecule has 1 amide bonds. The van der Waals surface area contributed by atoms with Gasteiger partial charge in [-0.1, -0.05) is 24.3 Å². The Bertz CT molecular complexity index is 890. The van der Waals surface area contributed by atoms with E-state index in [0.717, 1.165) is 18.4 Å². The molecule has 0 unspecified atom stereocenters. The molecule has 0 bridgehead atoms. The van der Waals surface area contributed by atoms with Crippen LogP contribution < -0.4 is 9.62 Å². The number of fused-ring (bicyclic) bond motifs is 1. The van der Waals surface area contributed by atoms with Crippen LogP contribution in [0, 0.1) is 0 Å². The number of hydrogen-bond acceptors (Lipinski definition) is 3. The van der Waals surface area contributed by atoms with Crippen molar-refractivity contribution in [2.24, 2.45) is 0 Å². The van der Waals surface area contributed by atoms with Gasteiger partial charge in [-0.3, -0.25) is 9.10 Å². The quantitative estimate of drug-likeness (QED) is 0.927. The highest BCUT2D eigenvalue weighted by atomic mass is 32.2. The minimum Gasteiger partial charge on any atom is -0.349 e. The van der Waals surface area contributed by atoms with Crippen LogP contribution in [0.1, 0.15) is 28.8 Å². The number of sulfonamides is 1. The Labute approximate surface area is 141 Å². The molecule has 0 saturated heterocycles. The van der Waals surface area contributed by atoms with E-state index in [1.54, 1.807) is 42.5 Å². The molecule has 1 heterocycles. The molecule has 4 rings (SSSR count). The van der Waals surface area contributed by atoms with Gasteiger partial charge in [0.1, 0.15) is 0 Å². The summed E-state index contributed by atoms with van der Waals surface area (Å²) in [5.41, 5.74) is 2.08. The zero-order chi connectivity index (χ0) is 16.7. The van der Waals surface area contributed by atoms with E-state index in [1.807, 2.05) is 6.07 Å². The summed E-state index contributed by atoms with van der Waals surface area (Å²) in [4.78, 5) is 12.5. The topological polar surface area (TPSA) is 66.5 Å².